The Morgan fingerprint density at radius 1 is 0.758 bits per heavy atom. The summed E-state index contributed by atoms with van der Waals surface area (Å²) in [4.78, 5) is 2.22. The first kappa shape index (κ1) is 23.3. The summed E-state index contributed by atoms with van der Waals surface area (Å²) in [5.41, 5.74) is 3.53. The van der Waals surface area contributed by atoms with Gasteiger partial charge in [-0.25, -0.2) is 0 Å². The summed E-state index contributed by atoms with van der Waals surface area (Å²) in [5.74, 6) is 0. The van der Waals surface area contributed by atoms with Crippen molar-refractivity contribution in [2.24, 2.45) is 0 Å². The van der Waals surface area contributed by atoms with Crippen LogP contribution in [-0.4, -0.2) is 23.2 Å². The minimum Gasteiger partial charge on any atom is -0.399 e. The fourth-order valence-corrected chi connectivity index (χ4v) is 4.06. The summed E-state index contributed by atoms with van der Waals surface area (Å²) < 4.78 is 12.4. The molecule has 3 aromatic carbocycles. The molecular formula is C28H31BN2O2. The number of benzene rings is 3. The Morgan fingerprint density at radius 2 is 1.21 bits per heavy atom. The molecule has 0 saturated carbocycles. The van der Waals surface area contributed by atoms with Crippen LogP contribution in [0.4, 0.5) is 0 Å². The minimum atomic E-state index is -0.408. The molecule has 1 unspecified atom stereocenters. The average molecular weight is 438 g/mol. The second kappa shape index (κ2) is 9.53. The van der Waals surface area contributed by atoms with Gasteiger partial charge in [0.25, 0.3) is 0 Å². The van der Waals surface area contributed by atoms with E-state index in [0.717, 1.165) is 11.0 Å². The van der Waals surface area contributed by atoms with Crippen molar-refractivity contribution in [1.29, 1.82) is 5.26 Å². The van der Waals surface area contributed by atoms with Crippen molar-refractivity contribution < 1.29 is 9.31 Å². The van der Waals surface area contributed by atoms with Gasteiger partial charge in [-0.1, -0.05) is 84.9 Å². The zero-order chi connectivity index (χ0) is 23.5. The average Bonchev–Trinajstić information content (AvgIpc) is 3.03. The Labute approximate surface area is 197 Å². The first-order chi connectivity index (χ1) is 15.8. The Balaban J connectivity index is 1.58. The van der Waals surface area contributed by atoms with Gasteiger partial charge in [0.15, 0.2) is 0 Å². The van der Waals surface area contributed by atoms with Crippen LogP contribution in [0, 0.1) is 11.3 Å². The standard InChI is InChI=1S/C28H31BN2O2/c1-27(2)28(3,4)33-29(32-27)25-17-15-24(16-18-25)26(19-30)31(20-22-11-7-5-8-12-22)21-23-13-9-6-10-14-23/h5-18,26H,20-21H2,1-4H3. The minimum absolute atomic E-state index is 0.377. The van der Waals surface area contributed by atoms with Crippen LogP contribution < -0.4 is 5.46 Å². The lowest BCUT2D eigenvalue weighted by Gasteiger charge is -2.32. The highest BCUT2D eigenvalue weighted by molar-refractivity contribution is 6.62. The molecule has 0 amide bonds. The lowest BCUT2D eigenvalue weighted by atomic mass is 9.78. The van der Waals surface area contributed by atoms with E-state index in [1.165, 1.54) is 11.1 Å². The van der Waals surface area contributed by atoms with Gasteiger partial charge in [0.1, 0.15) is 6.04 Å². The second-order valence-corrected chi connectivity index (χ2v) is 9.66. The summed E-state index contributed by atoms with van der Waals surface area (Å²) in [6.45, 7) is 9.59. The van der Waals surface area contributed by atoms with Gasteiger partial charge in [-0.15, -0.1) is 0 Å². The molecule has 3 aromatic rings. The van der Waals surface area contributed by atoms with Crippen LogP contribution in [0.5, 0.6) is 0 Å². The van der Waals surface area contributed by atoms with Crippen LogP contribution in [0.15, 0.2) is 84.9 Å². The summed E-state index contributed by atoms with van der Waals surface area (Å²) in [6, 6.07) is 30.9. The summed E-state index contributed by atoms with van der Waals surface area (Å²) in [7, 11) is -0.408. The van der Waals surface area contributed by atoms with Crippen molar-refractivity contribution in [3.63, 3.8) is 0 Å². The molecule has 1 fully saturated rings. The van der Waals surface area contributed by atoms with Crippen LogP contribution in [0.25, 0.3) is 0 Å². The van der Waals surface area contributed by atoms with E-state index in [2.05, 4.69) is 62.9 Å². The third-order valence-electron chi connectivity index (χ3n) is 6.72. The Morgan fingerprint density at radius 3 is 1.64 bits per heavy atom. The molecular weight excluding hydrogens is 407 g/mol. The quantitative estimate of drug-likeness (QED) is 0.473. The van der Waals surface area contributed by atoms with E-state index in [0.29, 0.717) is 13.1 Å². The molecule has 1 heterocycles. The Hall–Kier alpha value is -2.91. The summed E-state index contributed by atoms with van der Waals surface area (Å²) in [6.07, 6.45) is 0. The first-order valence-corrected chi connectivity index (χ1v) is 11.5. The number of hydrogen-bond acceptors (Lipinski definition) is 4. The van der Waals surface area contributed by atoms with E-state index in [9.17, 15) is 5.26 Å². The molecule has 1 saturated heterocycles. The molecule has 1 aliphatic rings. The van der Waals surface area contributed by atoms with Gasteiger partial charge >= 0.3 is 7.12 Å². The number of nitriles is 1. The van der Waals surface area contributed by atoms with Crippen molar-refractivity contribution in [3.8, 4) is 6.07 Å². The monoisotopic (exact) mass is 438 g/mol. The molecule has 4 rings (SSSR count). The largest absolute Gasteiger partial charge is 0.494 e. The van der Waals surface area contributed by atoms with E-state index >= 15 is 0 Å². The van der Waals surface area contributed by atoms with Gasteiger partial charge in [-0.05, 0) is 49.8 Å². The van der Waals surface area contributed by atoms with Crippen LogP contribution >= 0.6 is 0 Å². The molecule has 1 aliphatic heterocycles. The highest BCUT2D eigenvalue weighted by Crippen LogP contribution is 2.36. The van der Waals surface area contributed by atoms with Gasteiger partial charge in [0, 0.05) is 13.1 Å². The van der Waals surface area contributed by atoms with Gasteiger partial charge in [0.05, 0.1) is 17.3 Å². The van der Waals surface area contributed by atoms with Crippen molar-refractivity contribution in [1.82, 2.24) is 4.90 Å². The van der Waals surface area contributed by atoms with E-state index in [-0.39, 0.29) is 17.2 Å². The SMILES string of the molecule is CC1(C)OB(c2ccc(C(C#N)N(Cc3ccccc3)Cc3ccccc3)cc2)OC1(C)C. The molecule has 5 heteroatoms. The molecule has 0 radical (unpaired) electrons. The van der Waals surface area contributed by atoms with E-state index in [1.54, 1.807) is 0 Å². The smallest absolute Gasteiger partial charge is 0.399 e. The lowest BCUT2D eigenvalue weighted by molar-refractivity contribution is 0.00578. The van der Waals surface area contributed by atoms with Crippen molar-refractivity contribution in [2.75, 3.05) is 0 Å². The van der Waals surface area contributed by atoms with Gasteiger partial charge in [-0.3, -0.25) is 4.90 Å². The number of nitrogens with zero attached hydrogens (tertiary/aromatic N) is 2. The zero-order valence-corrected chi connectivity index (χ0v) is 19.9. The normalized spacial score (nSPS) is 17.6. The number of hydrogen-bond donors (Lipinski definition) is 0. The maximum atomic E-state index is 10.2. The van der Waals surface area contributed by atoms with Crippen molar-refractivity contribution in [3.05, 3.63) is 102 Å². The molecule has 0 spiro atoms. The first-order valence-electron chi connectivity index (χ1n) is 11.5. The fraction of sp³-hybridized carbons (Fsp3) is 0.321. The summed E-state index contributed by atoms with van der Waals surface area (Å²) >= 11 is 0. The maximum Gasteiger partial charge on any atom is 0.494 e. The molecule has 0 N–H and O–H groups in total. The molecule has 33 heavy (non-hydrogen) atoms. The Bertz CT molecular complexity index is 1030. The Kier molecular flexibility index (Phi) is 6.72. The maximum absolute atomic E-state index is 10.2. The molecule has 4 nitrogen and oxygen atoms in total. The van der Waals surface area contributed by atoms with Crippen LogP contribution in [0.2, 0.25) is 0 Å². The third kappa shape index (κ3) is 5.20. The zero-order valence-electron chi connectivity index (χ0n) is 19.9. The molecule has 168 valence electrons. The highest BCUT2D eigenvalue weighted by atomic mass is 16.7. The topological polar surface area (TPSA) is 45.5 Å². The number of rotatable bonds is 7. The predicted molar refractivity (Wildman–Crippen MR) is 133 cm³/mol. The van der Waals surface area contributed by atoms with Crippen molar-refractivity contribution >= 4 is 12.6 Å². The summed E-state index contributed by atoms with van der Waals surface area (Å²) in [5, 5.41) is 10.2. The third-order valence-corrected chi connectivity index (χ3v) is 6.72. The second-order valence-electron chi connectivity index (χ2n) is 9.66. The molecule has 0 aromatic heterocycles. The van der Waals surface area contributed by atoms with E-state index < -0.39 is 7.12 Å². The molecule has 0 bridgehead atoms. The van der Waals surface area contributed by atoms with Gasteiger partial charge in [0.2, 0.25) is 0 Å². The van der Waals surface area contributed by atoms with Crippen molar-refractivity contribution in [2.45, 2.75) is 58.0 Å². The fourth-order valence-electron chi connectivity index (χ4n) is 4.06. The molecule has 0 aliphatic carbocycles. The van der Waals surface area contributed by atoms with Gasteiger partial charge in [-0.2, -0.15) is 5.26 Å². The molecule has 1 atom stereocenters. The van der Waals surface area contributed by atoms with E-state index in [1.807, 2.05) is 60.7 Å². The van der Waals surface area contributed by atoms with Gasteiger partial charge < -0.3 is 9.31 Å². The van der Waals surface area contributed by atoms with E-state index in [4.69, 9.17) is 9.31 Å². The van der Waals surface area contributed by atoms with Crippen LogP contribution in [0.3, 0.4) is 0 Å². The highest BCUT2D eigenvalue weighted by Gasteiger charge is 2.51. The lowest BCUT2D eigenvalue weighted by Crippen LogP contribution is -2.41. The van der Waals surface area contributed by atoms with Crippen LogP contribution in [0.1, 0.15) is 50.4 Å². The van der Waals surface area contributed by atoms with Crippen LogP contribution in [-0.2, 0) is 22.4 Å². The predicted octanol–water partition coefficient (Wildman–Crippen LogP) is 5.25.